The first-order valence-corrected chi connectivity index (χ1v) is 5.86. The topological polar surface area (TPSA) is 102 Å². The summed E-state index contributed by atoms with van der Waals surface area (Å²) in [7, 11) is 0. The summed E-state index contributed by atoms with van der Waals surface area (Å²) in [5, 5.41) is 5.85. The number of nitrogens with two attached hydrogens (primary N) is 1. The first-order chi connectivity index (χ1) is 8.56. The van der Waals surface area contributed by atoms with Crippen LogP contribution in [-0.4, -0.2) is 34.6 Å². The highest BCUT2D eigenvalue weighted by Crippen LogP contribution is 2.26. The molecule has 1 aliphatic heterocycles. The molecule has 1 aromatic rings. The van der Waals surface area contributed by atoms with E-state index in [1.54, 1.807) is 0 Å². The second-order valence-corrected chi connectivity index (χ2v) is 4.46. The van der Waals surface area contributed by atoms with E-state index in [2.05, 4.69) is 20.6 Å². The molecule has 7 heteroatoms. The minimum atomic E-state index is -0.00947. The van der Waals surface area contributed by atoms with Crippen LogP contribution in [0.2, 0.25) is 0 Å². The Hall–Kier alpha value is -2.05. The van der Waals surface area contributed by atoms with Crippen LogP contribution < -0.4 is 21.1 Å². The van der Waals surface area contributed by atoms with Gasteiger partial charge in [0.15, 0.2) is 5.82 Å². The lowest BCUT2D eigenvalue weighted by atomic mass is 10.2. The smallest absolute Gasteiger partial charge is 0.242 e. The van der Waals surface area contributed by atoms with Crippen LogP contribution in [0.4, 0.5) is 11.5 Å². The van der Waals surface area contributed by atoms with Crippen LogP contribution in [0.25, 0.3) is 0 Å². The number of nitrogens with zero attached hydrogens (tertiary/aromatic N) is 2. The van der Waals surface area contributed by atoms with E-state index in [0.717, 1.165) is 0 Å². The van der Waals surface area contributed by atoms with Crippen LogP contribution in [-0.2, 0) is 4.79 Å². The Labute approximate surface area is 105 Å². The van der Waals surface area contributed by atoms with E-state index in [1.165, 1.54) is 6.33 Å². The number of nitrogens with one attached hydrogen (secondary N) is 2. The lowest BCUT2D eigenvalue weighted by Crippen LogP contribution is -2.24. The van der Waals surface area contributed by atoms with Gasteiger partial charge in [0.05, 0.1) is 12.1 Å². The van der Waals surface area contributed by atoms with Crippen molar-refractivity contribution in [1.82, 2.24) is 15.3 Å². The van der Waals surface area contributed by atoms with Gasteiger partial charge in [-0.15, -0.1) is 0 Å². The van der Waals surface area contributed by atoms with Gasteiger partial charge >= 0.3 is 0 Å². The summed E-state index contributed by atoms with van der Waals surface area (Å²) in [6, 6.07) is 0.00148. The van der Waals surface area contributed by atoms with E-state index in [9.17, 15) is 4.79 Å². The van der Waals surface area contributed by atoms with E-state index in [1.807, 2.05) is 13.8 Å². The number of amides is 1. The van der Waals surface area contributed by atoms with Gasteiger partial charge in [-0.3, -0.25) is 4.79 Å². The SMILES string of the molecule is CC(C)Oc1ncnc(NC2CNC(=O)C2)c1N. The molecule has 7 nitrogen and oxygen atoms in total. The number of nitrogen functional groups attached to an aromatic ring is 1. The van der Waals surface area contributed by atoms with Crippen LogP contribution in [0, 0.1) is 0 Å². The fourth-order valence-electron chi connectivity index (χ4n) is 1.71. The molecule has 1 fully saturated rings. The second-order valence-electron chi connectivity index (χ2n) is 4.46. The summed E-state index contributed by atoms with van der Waals surface area (Å²) in [6.45, 7) is 4.37. The predicted octanol–water partition coefficient (Wildman–Crippen LogP) is 0.146. The molecule has 1 aliphatic rings. The van der Waals surface area contributed by atoms with Crippen LogP contribution in [0.5, 0.6) is 5.88 Å². The van der Waals surface area contributed by atoms with E-state index in [4.69, 9.17) is 10.5 Å². The monoisotopic (exact) mass is 251 g/mol. The molecule has 4 N–H and O–H groups in total. The van der Waals surface area contributed by atoms with Gasteiger partial charge < -0.3 is 21.1 Å². The molecule has 1 aromatic heterocycles. The van der Waals surface area contributed by atoms with Crippen molar-refractivity contribution in [3.05, 3.63) is 6.33 Å². The Morgan fingerprint density at radius 3 is 2.94 bits per heavy atom. The minimum absolute atomic E-state index is 0.00148. The highest BCUT2D eigenvalue weighted by atomic mass is 16.5. The van der Waals surface area contributed by atoms with Gasteiger partial charge in [0, 0.05) is 13.0 Å². The number of hydrogen-bond acceptors (Lipinski definition) is 6. The molecule has 0 bridgehead atoms. The van der Waals surface area contributed by atoms with Crippen molar-refractivity contribution in [1.29, 1.82) is 0 Å². The Bertz CT molecular complexity index is 449. The van der Waals surface area contributed by atoms with E-state index >= 15 is 0 Å². The predicted molar refractivity (Wildman–Crippen MR) is 67.2 cm³/mol. The fraction of sp³-hybridized carbons (Fsp3) is 0.545. The molecule has 0 radical (unpaired) electrons. The molecule has 0 saturated carbocycles. The van der Waals surface area contributed by atoms with E-state index in [0.29, 0.717) is 30.4 Å². The molecule has 1 amide bonds. The number of carbonyl (C=O) groups excluding carboxylic acids is 1. The third kappa shape index (κ3) is 2.79. The Morgan fingerprint density at radius 1 is 1.56 bits per heavy atom. The van der Waals surface area contributed by atoms with Crippen molar-refractivity contribution in [2.24, 2.45) is 0 Å². The minimum Gasteiger partial charge on any atom is -0.473 e. The lowest BCUT2D eigenvalue weighted by Gasteiger charge is -2.16. The molecule has 98 valence electrons. The van der Waals surface area contributed by atoms with Gasteiger partial charge in [-0.05, 0) is 13.8 Å². The largest absolute Gasteiger partial charge is 0.473 e. The Balaban J connectivity index is 2.10. The molecule has 1 saturated heterocycles. The summed E-state index contributed by atoms with van der Waals surface area (Å²) < 4.78 is 5.47. The molecule has 18 heavy (non-hydrogen) atoms. The van der Waals surface area contributed by atoms with Gasteiger partial charge in [0.1, 0.15) is 12.0 Å². The number of ether oxygens (including phenoxy) is 1. The zero-order valence-corrected chi connectivity index (χ0v) is 10.4. The molecule has 1 atom stereocenters. The second kappa shape index (κ2) is 5.07. The highest BCUT2D eigenvalue weighted by molar-refractivity contribution is 5.80. The van der Waals surface area contributed by atoms with Gasteiger partial charge in [-0.2, -0.15) is 4.98 Å². The molecule has 1 unspecified atom stereocenters. The Kier molecular flexibility index (Phi) is 3.50. The van der Waals surface area contributed by atoms with E-state index in [-0.39, 0.29) is 18.1 Å². The average molecular weight is 251 g/mol. The molecule has 0 aromatic carbocycles. The zero-order chi connectivity index (χ0) is 13.1. The molecular formula is C11H17N5O2. The Morgan fingerprint density at radius 2 is 2.33 bits per heavy atom. The third-order valence-corrected chi connectivity index (χ3v) is 2.51. The summed E-state index contributed by atoms with van der Waals surface area (Å²) in [5.74, 6) is 0.890. The number of rotatable bonds is 4. The van der Waals surface area contributed by atoms with E-state index < -0.39 is 0 Å². The van der Waals surface area contributed by atoms with Crippen LogP contribution in [0.3, 0.4) is 0 Å². The standard InChI is InChI=1S/C11H17N5O2/c1-6(2)18-11-9(12)10(14-5-15-11)16-7-3-8(17)13-4-7/h5-7H,3-4,12H2,1-2H3,(H,13,17)(H,14,15,16). The van der Waals surface area contributed by atoms with Crippen molar-refractivity contribution < 1.29 is 9.53 Å². The first kappa shape index (κ1) is 12.4. The third-order valence-electron chi connectivity index (χ3n) is 2.51. The zero-order valence-electron chi connectivity index (χ0n) is 10.4. The van der Waals surface area contributed by atoms with Gasteiger partial charge in [-0.25, -0.2) is 4.98 Å². The number of aromatic nitrogens is 2. The van der Waals surface area contributed by atoms with Crippen molar-refractivity contribution in [3.8, 4) is 5.88 Å². The molecular weight excluding hydrogens is 234 g/mol. The molecule has 0 spiro atoms. The summed E-state index contributed by atoms with van der Waals surface area (Å²) in [4.78, 5) is 19.2. The molecule has 2 heterocycles. The van der Waals surface area contributed by atoms with Gasteiger partial charge in [0.25, 0.3) is 0 Å². The van der Waals surface area contributed by atoms with Crippen molar-refractivity contribution in [2.75, 3.05) is 17.6 Å². The maximum Gasteiger partial charge on any atom is 0.242 e. The van der Waals surface area contributed by atoms with Crippen molar-refractivity contribution in [3.63, 3.8) is 0 Å². The fourth-order valence-corrected chi connectivity index (χ4v) is 1.71. The molecule has 0 aliphatic carbocycles. The number of anilines is 2. The van der Waals surface area contributed by atoms with Crippen molar-refractivity contribution in [2.45, 2.75) is 32.4 Å². The number of carbonyl (C=O) groups is 1. The maximum atomic E-state index is 11.1. The quantitative estimate of drug-likeness (QED) is 0.703. The molecule has 2 rings (SSSR count). The van der Waals surface area contributed by atoms with Crippen LogP contribution in [0.15, 0.2) is 6.33 Å². The van der Waals surface area contributed by atoms with Gasteiger partial charge in [-0.1, -0.05) is 0 Å². The summed E-state index contributed by atoms with van der Waals surface area (Å²) in [5.41, 5.74) is 6.29. The van der Waals surface area contributed by atoms with Crippen molar-refractivity contribution >= 4 is 17.4 Å². The van der Waals surface area contributed by atoms with Crippen LogP contribution >= 0.6 is 0 Å². The summed E-state index contributed by atoms with van der Waals surface area (Å²) >= 11 is 0. The lowest BCUT2D eigenvalue weighted by molar-refractivity contribution is -0.119. The van der Waals surface area contributed by atoms with Gasteiger partial charge in [0.2, 0.25) is 11.8 Å². The maximum absolute atomic E-state index is 11.1. The van der Waals surface area contributed by atoms with Crippen LogP contribution in [0.1, 0.15) is 20.3 Å². The normalized spacial score (nSPS) is 18.8. The number of hydrogen-bond donors (Lipinski definition) is 3. The average Bonchev–Trinajstić information content (AvgIpc) is 2.69. The summed E-state index contributed by atoms with van der Waals surface area (Å²) in [6.07, 6.45) is 1.80. The first-order valence-electron chi connectivity index (χ1n) is 5.86. The highest BCUT2D eigenvalue weighted by Gasteiger charge is 2.23.